The highest BCUT2D eigenvalue weighted by molar-refractivity contribution is 6.35. The number of piperidine rings is 1. The van der Waals surface area contributed by atoms with E-state index < -0.39 is 6.03 Å². The van der Waals surface area contributed by atoms with Crippen molar-refractivity contribution in [3.8, 4) is 0 Å². The van der Waals surface area contributed by atoms with Crippen LogP contribution in [-0.2, 0) is 0 Å². The Morgan fingerprint density at radius 1 is 1.48 bits per heavy atom. The number of rotatable bonds is 3. The number of hydrogen-bond acceptors (Lipinski definition) is 3. The summed E-state index contributed by atoms with van der Waals surface area (Å²) in [5.41, 5.74) is 5.41. The molecule has 1 saturated heterocycles. The molecule has 3 N–H and O–H groups in total. The molecule has 0 aromatic carbocycles. The average Bonchev–Trinajstić information content (AvgIpc) is 2.47. The van der Waals surface area contributed by atoms with Gasteiger partial charge in [0.05, 0.1) is 10.6 Å². The third kappa shape index (κ3) is 4.22. The number of carbonyl (C=O) groups is 2. The van der Waals surface area contributed by atoms with Gasteiger partial charge in [0, 0.05) is 25.8 Å². The predicted molar refractivity (Wildman–Crippen MR) is 80.5 cm³/mol. The molecule has 1 atom stereocenters. The molecule has 0 bridgehead atoms. The van der Waals surface area contributed by atoms with E-state index in [1.54, 1.807) is 4.90 Å². The number of nitrogens with zero attached hydrogens (tertiary/aromatic N) is 2. The van der Waals surface area contributed by atoms with Crippen LogP contribution in [0.5, 0.6) is 0 Å². The minimum Gasteiger partial charge on any atom is -0.352 e. The molecule has 0 spiro atoms. The van der Waals surface area contributed by atoms with Crippen molar-refractivity contribution in [3.63, 3.8) is 0 Å². The average molecular weight is 331 g/mol. The lowest BCUT2D eigenvalue weighted by atomic mass is 9.97. The number of likely N-dealkylation sites (tertiary alicyclic amines) is 1. The molecule has 3 amide bonds. The first-order valence-corrected chi connectivity index (χ1v) is 7.36. The van der Waals surface area contributed by atoms with Gasteiger partial charge in [-0.25, -0.2) is 9.78 Å². The quantitative estimate of drug-likeness (QED) is 0.829. The monoisotopic (exact) mass is 330 g/mol. The number of pyridine rings is 1. The highest BCUT2D eigenvalue weighted by atomic mass is 35.5. The molecule has 0 radical (unpaired) electrons. The van der Waals surface area contributed by atoms with Crippen LogP contribution in [0.25, 0.3) is 0 Å². The summed E-state index contributed by atoms with van der Waals surface area (Å²) in [4.78, 5) is 28.8. The molecule has 1 aromatic heterocycles. The number of primary amides is 1. The van der Waals surface area contributed by atoms with Crippen LogP contribution in [0.1, 0.15) is 23.2 Å². The van der Waals surface area contributed by atoms with E-state index in [9.17, 15) is 9.59 Å². The molecule has 114 valence electrons. The number of nitrogens with two attached hydrogens (primary N) is 1. The van der Waals surface area contributed by atoms with Gasteiger partial charge >= 0.3 is 6.03 Å². The van der Waals surface area contributed by atoms with Crippen molar-refractivity contribution in [2.75, 3.05) is 19.6 Å². The SMILES string of the molecule is NC(=O)NCC1CCCN(C(=O)c2cc(Cl)ncc2Cl)C1. The second-order valence-electron chi connectivity index (χ2n) is 4.99. The van der Waals surface area contributed by atoms with Crippen molar-refractivity contribution >= 4 is 35.1 Å². The Labute approximate surface area is 132 Å². The fraction of sp³-hybridized carbons (Fsp3) is 0.462. The van der Waals surface area contributed by atoms with Gasteiger partial charge in [-0.1, -0.05) is 23.2 Å². The van der Waals surface area contributed by atoms with Gasteiger partial charge in [-0.05, 0) is 24.8 Å². The molecular formula is C13H16Cl2N4O2. The summed E-state index contributed by atoms with van der Waals surface area (Å²) in [6.45, 7) is 1.67. The number of halogens is 2. The molecule has 2 rings (SSSR count). The smallest absolute Gasteiger partial charge is 0.312 e. The Morgan fingerprint density at radius 3 is 2.95 bits per heavy atom. The third-order valence-electron chi connectivity index (χ3n) is 3.42. The standard InChI is InChI=1S/C13H16Cl2N4O2/c14-10-6-17-11(15)4-9(10)12(20)19-3-1-2-8(7-19)5-18-13(16)21/h4,6,8H,1-3,5,7H2,(H3,16,18,21). The molecule has 1 unspecified atom stereocenters. The van der Waals surface area contributed by atoms with Gasteiger partial charge in [-0.3, -0.25) is 4.79 Å². The summed E-state index contributed by atoms with van der Waals surface area (Å²) in [6, 6.07) is 0.916. The van der Waals surface area contributed by atoms with Crippen LogP contribution in [0, 0.1) is 5.92 Å². The van der Waals surface area contributed by atoms with E-state index in [0.717, 1.165) is 12.8 Å². The van der Waals surface area contributed by atoms with Crippen molar-refractivity contribution in [2.45, 2.75) is 12.8 Å². The highest BCUT2D eigenvalue weighted by Gasteiger charge is 2.26. The van der Waals surface area contributed by atoms with Crippen molar-refractivity contribution in [3.05, 3.63) is 28.0 Å². The first-order chi connectivity index (χ1) is 9.97. The Morgan fingerprint density at radius 2 is 2.24 bits per heavy atom. The molecule has 1 aliphatic rings. The minimum atomic E-state index is -0.553. The number of amides is 3. The van der Waals surface area contributed by atoms with Gasteiger partial charge in [0.2, 0.25) is 0 Å². The molecule has 21 heavy (non-hydrogen) atoms. The molecule has 1 aliphatic heterocycles. The van der Waals surface area contributed by atoms with Crippen LogP contribution in [0.3, 0.4) is 0 Å². The number of urea groups is 1. The van der Waals surface area contributed by atoms with E-state index in [1.807, 2.05) is 0 Å². The molecule has 6 nitrogen and oxygen atoms in total. The van der Waals surface area contributed by atoms with E-state index in [0.29, 0.717) is 25.2 Å². The van der Waals surface area contributed by atoms with E-state index in [1.165, 1.54) is 12.3 Å². The van der Waals surface area contributed by atoms with Crippen LogP contribution < -0.4 is 11.1 Å². The van der Waals surface area contributed by atoms with Gasteiger partial charge in [0.15, 0.2) is 0 Å². The zero-order valence-electron chi connectivity index (χ0n) is 11.3. The summed E-state index contributed by atoms with van der Waals surface area (Å²) in [6.07, 6.45) is 3.18. The fourth-order valence-electron chi connectivity index (χ4n) is 2.41. The van der Waals surface area contributed by atoms with E-state index in [2.05, 4.69) is 10.3 Å². The zero-order valence-corrected chi connectivity index (χ0v) is 12.8. The second-order valence-corrected chi connectivity index (χ2v) is 5.79. The Bertz CT molecular complexity index is 553. The summed E-state index contributed by atoms with van der Waals surface area (Å²) in [5, 5.41) is 3.09. The summed E-state index contributed by atoms with van der Waals surface area (Å²) < 4.78 is 0. The Balaban J connectivity index is 2.05. The van der Waals surface area contributed by atoms with Crippen molar-refractivity contribution in [2.24, 2.45) is 11.7 Å². The van der Waals surface area contributed by atoms with Crippen LogP contribution in [0.4, 0.5) is 4.79 Å². The number of hydrogen-bond donors (Lipinski definition) is 2. The molecule has 0 aliphatic carbocycles. The maximum Gasteiger partial charge on any atom is 0.312 e. The van der Waals surface area contributed by atoms with Crippen LogP contribution >= 0.6 is 23.2 Å². The van der Waals surface area contributed by atoms with E-state index >= 15 is 0 Å². The lowest BCUT2D eigenvalue weighted by Gasteiger charge is -2.33. The van der Waals surface area contributed by atoms with E-state index in [4.69, 9.17) is 28.9 Å². The largest absolute Gasteiger partial charge is 0.352 e. The topological polar surface area (TPSA) is 88.3 Å². The normalized spacial score (nSPS) is 18.4. The number of nitrogens with one attached hydrogen (secondary N) is 1. The first-order valence-electron chi connectivity index (χ1n) is 6.61. The van der Waals surface area contributed by atoms with Gasteiger partial charge in [0.1, 0.15) is 5.15 Å². The van der Waals surface area contributed by atoms with Gasteiger partial charge in [0.25, 0.3) is 5.91 Å². The molecular weight excluding hydrogens is 315 g/mol. The molecule has 8 heteroatoms. The molecule has 2 heterocycles. The maximum atomic E-state index is 12.5. The van der Waals surface area contributed by atoms with Crippen molar-refractivity contribution in [1.82, 2.24) is 15.2 Å². The summed E-state index contributed by atoms with van der Waals surface area (Å²) >= 11 is 11.8. The number of aromatic nitrogens is 1. The summed E-state index contributed by atoms with van der Waals surface area (Å²) in [5.74, 6) is 0.0133. The van der Waals surface area contributed by atoms with Crippen LogP contribution in [-0.4, -0.2) is 41.5 Å². The summed E-state index contributed by atoms with van der Waals surface area (Å²) in [7, 11) is 0. The second kappa shape index (κ2) is 6.95. The van der Waals surface area contributed by atoms with Crippen molar-refractivity contribution in [1.29, 1.82) is 0 Å². The molecule has 1 fully saturated rings. The van der Waals surface area contributed by atoms with Crippen LogP contribution in [0.2, 0.25) is 10.2 Å². The molecule has 0 saturated carbocycles. The van der Waals surface area contributed by atoms with Gasteiger partial charge in [-0.15, -0.1) is 0 Å². The van der Waals surface area contributed by atoms with Crippen LogP contribution in [0.15, 0.2) is 12.3 Å². The Kier molecular flexibility index (Phi) is 5.25. The predicted octanol–water partition coefficient (Wildman–Crippen LogP) is 1.91. The van der Waals surface area contributed by atoms with E-state index in [-0.39, 0.29) is 22.0 Å². The van der Waals surface area contributed by atoms with Gasteiger partial charge in [-0.2, -0.15) is 0 Å². The molecule has 1 aromatic rings. The van der Waals surface area contributed by atoms with Gasteiger partial charge < -0.3 is 16.0 Å². The maximum absolute atomic E-state index is 12.5. The third-order valence-corrected chi connectivity index (χ3v) is 3.93. The van der Waals surface area contributed by atoms with Crippen molar-refractivity contribution < 1.29 is 9.59 Å². The first kappa shape index (κ1) is 15.9. The minimum absolute atomic E-state index is 0.173. The highest BCUT2D eigenvalue weighted by Crippen LogP contribution is 2.23. The zero-order chi connectivity index (χ0) is 15.4. The Hall–Kier alpha value is -1.53. The number of carbonyl (C=O) groups excluding carboxylic acids is 2. The lowest BCUT2D eigenvalue weighted by molar-refractivity contribution is 0.0675. The fourth-order valence-corrected chi connectivity index (χ4v) is 2.75. The lowest BCUT2D eigenvalue weighted by Crippen LogP contribution is -2.44.